The van der Waals surface area contributed by atoms with E-state index in [0.29, 0.717) is 22.2 Å². The lowest BCUT2D eigenvalue weighted by Crippen LogP contribution is -2.14. The van der Waals surface area contributed by atoms with Crippen LogP contribution in [0.15, 0.2) is 35.7 Å². The molecule has 10 heteroatoms. The molecule has 0 radical (unpaired) electrons. The summed E-state index contributed by atoms with van der Waals surface area (Å²) < 4.78 is 27.6. The number of rotatable bonds is 6. The smallest absolute Gasteiger partial charge is 0.196 e. The number of nitrogens with zero attached hydrogens (tertiary/aromatic N) is 4. The molecule has 31 heavy (non-hydrogen) atoms. The van der Waals surface area contributed by atoms with Crippen LogP contribution in [0.1, 0.15) is 39.8 Å². The van der Waals surface area contributed by atoms with Crippen molar-refractivity contribution in [3.63, 3.8) is 0 Å². The molecule has 0 N–H and O–H groups in total. The Kier molecular flexibility index (Phi) is 6.02. The van der Waals surface area contributed by atoms with Crippen LogP contribution in [0.25, 0.3) is 5.69 Å². The molecule has 2 aromatic heterocycles. The molecule has 4 rings (SSSR count). The first-order chi connectivity index (χ1) is 14.7. The number of ketones is 1. The van der Waals surface area contributed by atoms with Crippen LogP contribution in [0.5, 0.6) is 0 Å². The number of hydrogen-bond acceptors (Lipinski definition) is 6. The molecule has 7 nitrogen and oxygen atoms in total. The summed E-state index contributed by atoms with van der Waals surface area (Å²) in [5, 5.41) is 9.38. The highest BCUT2D eigenvalue weighted by Gasteiger charge is 2.31. The standard InChI is InChI=1S/C21H23ClN4O3S2/c1-13-4-5-16(9-19(13)22)25-12-23-24-21(25)30-10-20(27)18-8-14(2)26(15(18)3)17-6-7-31(28,29)11-17/h4-5,8-9,12,17H,6-7,10-11H2,1-3H3. The van der Waals surface area contributed by atoms with Gasteiger partial charge < -0.3 is 4.57 Å². The Bertz CT molecular complexity index is 1260. The minimum absolute atomic E-state index is 0.0262. The predicted octanol–water partition coefficient (Wildman–Crippen LogP) is 3.98. The summed E-state index contributed by atoms with van der Waals surface area (Å²) in [5.41, 5.74) is 4.16. The fraction of sp³-hybridized carbons (Fsp3) is 0.381. The highest BCUT2D eigenvalue weighted by atomic mass is 35.5. The number of thioether (sulfide) groups is 1. The minimum atomic E-state index is -3.00. The molecule has 1 aliphatic heterocycles. The van der Waals surface area contributed by atoms with Crippen LogP contribution in [0, 0.1) is 20.8 Å². The molecule has 1 aliphatic rings. The van der Waals surface area contributed by atoms with Gasteiger partial charge in [0.1, 0.15) is 6.33 Å². The molecule has 1 aromatic carbocycles. The van der Waals surface area contributed by atoms with E-state index >= 15 is 0 Å². The zero-order chi connectivity index (χ0) is 22.3. The summed E-state index contributed by atoms with van der Waals surface area (Å²) in [6.45, 7) is 5.73. The second-order valence-electron chi connectivity index (χ2n) is 7.84. The van der Waals surface area contributed by atoms with Gasteiger partial charge in [-0.25, -0.2) is 8.42 Å². The van der Waals surface area contributed by atoms with Crippen LogP contribution < -0.4 is 0 Å². The number of benzene rings is 1. The lowest BCUT2D eigenvalue weighted by atomic mass is 10.2. The Morgan fingerprint density at radius 1 is 1.26 bits per heavy atom. The van der Waals surface area contributed by atoms with E-state index in [4.69, 9.17) is 11.6 Å². The average Bonchev–Trinajstić information content (AvgIpc) is 3.39. The van der Waals surface area contributed by atoms with E-state index in [2.05, 4.69) is 10.2 Å². The van der Waals surface area contributed by atoms with Crippen molar-refractivity contribution >= 4 is 39.0 Å². The number of hydrogen-bond donors (Lipinski definition) is 0. The van der Waals surface area contributed by atoms with Gasteiger partial charge in [0.2, 0.25) is 0 Å². The number of carbonyl (C=O) groups excluding carboxylic acids is 1. The molecule has 0 saturated carbocycles. The summed E-state index contributed by atoms with van der Waals surface area (Å²) in [7, 11) is -3.00. The van der Waals surface area contributed by atoms with Gasteiger partial charge in [0.15, 0.2) is 20.8 Å². The first-order valence-corrected chi connectivity index (χ1v) is 13.1. The van der Waals surface area contributed by atoms with Crippen molar-refractivity contribution in [2.75, 3.05) is 17.3 Å². The van der Waals surface area contributed by atoms with Crippen molar-refractivity contribution in [2.45, 2.75) is 38.4 Å². The zero-order valence-corrected chi connectivity index (χ0v) is 19.9. The van der Waals surface area contributed by atoms with Gasteiger partial charge in [-0.3, -0.25) is 9.36 Å². The quantitative estimate of drug-likeness (QED) is 0.393. The van der Waals surface area contributed by atoms with Crippen LogP contribution in [0.3, 0.4) is 0 Å². The van der Waals surface area contributed by atoms with Gasteiger partial charge >= 0.3 is 0 Å². The van der Waals surface area contributed by atoms with Crippen molar-refractivity contribution in [3.05, 3.63) is 58.1 Å². The SMILES string of the molecule is Cc1ccc(-n2cnnc2SCC(=O)c2cc(C)n(C3CCS(=O)(=O)C3)c2C)cc1Cl. The predicted molar refractivity (Wildman–Crippen MR) is 122 cm³/mol. The van der Waals surface area contributed by atoms with Gasteiger partial charge in [0.25, 0.3) is 0 Å². The summed E-state index contributed by atoms with van der Waals surface area (Å²) in [4.78, 5) is 13.0. The molecule has 1 fully saturated rings. The third kappa shape index (κ3) is 4.44. The first-order valence-electron chi connectivity index (χ1n) is 9.87. The van der Waals surface area contributed by atoms with Crippen molar-refractivity contribution in [1.29, 1.82) is 0 Å². The third-order valence-electron chi connectivity index (χ3n) is 5.64. The highest BCUT2D eigenvalue weighted by Crippen LogP contribution is 2.30. The Hall–Kier alpha value is -2.10. The van der Waals surface area contributed by atoms with Crippen LogP contribution in [0.4, 0.5) is 0 Å². The number of aromatic nitrogens is 4. The van der Waals surface area contributed by atoms with E-state index < -0.39 is 9.84 Å². The van der Waals surface area contributed by atoms with Crippen LogP contribution >= 0.6 is 23.4 Å². The summed E-state index contributed by atoms with van der Waals surface area (Å²) in [6, 6.07) is 7.45. The molecule has 0 amide bonds. The second kappa shape index (κ2) is 8.44. The molecule has 1 atom stereocenters. The van der Waals surface area contributed by atoms with Gasteiger partial charge in [-0.2, -0.15) is 0 Å². The van der Waals surface area contributed by atoms with Crippen molar-refractivity contribution in [3.8, 4) is 5.69 Å². The maximum atomic E-state index is 13.0. The Labute approximate surface area is 190 Å². The van der Waals surface area contributed by atoms with Crippen molar-refractivity contribution < 1.29 is 13.2 Å². The largest absolute Gasteiger partial charge is 0.344 e. The lowest BCUT2D eigenvalue weighted by molar-refractivity contribution is 0.102. The van der Waals surface area contributed by atoms with E-state index in [9.17, 15) is 13.2 Å². The fourth-order valence-electron chi connectivity index (χ4n) is 4.04. The van der Waals surface area contributed by atoms with E-state index in [1.165, 1.54) is 11.8 Å². The lowest BCUT2D eigenvalue weighted by Gasteiger charge is -2.16. The van der Waals surface area contributed by atoms with Crippen LogP contribution in [0.2, 0.25) is 5.02 Å². The van der Waals surface area contributed by atoms with Crippen LogP contribution in [-0.4, -0.2) is 50.8 Å². The number of aryl methyl sites for hydroxylation is 2. The number of carbonyl (C=O) groups is 1. The molecule has 0 aliphatic carbocycles. The summed E-state index contributed by atoms with van der Waals surface area (Å²) in [6.07, 6.45) is 2.18. The molecule has 1 unspecified atom stereocenters. The molecule has 3 aromatic rings. The topological polar surface area (TPSA) is 86.8 Å². The maximum Gasteiger partial charge on any atom is 0.196 e. The molecule has 1 saturated heterocycles. The summed E-state index contributed by atoms with van der Waals surface area (Å²) >= 11 is 7.55. The summed E-state index contributed by atoms with van der Waals surface area (Å²) in [5.74, 6) is 0.508. The maximum absolute atomic E-state index is 13.0. The molecule has 3 heterocycles. The van der Waals surface area contributed by atoms with E-state index in [1.54, 1.807) is 10.9 Å². The van der Waals surface area contributed by atoms with Crippen molar-refractivity contribution in [1.82, 2.24) is 19.3 Å². The molecule has 164 valence electrons. The Balaban J connectivity index is 1.51. The van der Waals surface area contributed by atoms with E-state index in [0.717, 1.165) is 22.6 Å². The van der Waals surface area contributed by atoms with Gasteiger partial charge in [0, 0.05) is 28.0 Å². The van der Waals surface area contributed by atoms with Gasteiger partial charge in [-0.1, -0.05) is 29.4 Å². The molecule has 0 bridgehead atoms. The second-order valence-corrected chi connectivity index (χ2v) is 11.4. The average molecular weight is 479 g/mol. The van der Waals surface area contributed by atoms with E-state index in [1.807, 2.05) is 49.6 Å². The molecular weight excluding hydrogens is 456 g/mol. The number of halogens is 1. The third-order valence-corrected chi connectivity index (χ3v) is 8.74. The Morgan fingerprint density at radius 2 is 2.03 bits per heavy atom. The van der Waals surface area contributed by atoms with Crippen LogP contribution in [-0.2, 0) is 9.84 Å². The highest BCUT2D eigenvalue weighted by molar-refractivity contribution is 7.99. The van der Waals surface area contributed by atoms with Gasteiger partial charge in [-0.15, -0.1) is 10.2 Å². The van der Waals surface area contributed by atoms with Crippen molar-refractivity contribution in [2.24, 2.45) is 0 Å². The number of Topliss-reactive ketones (excluding diaryl/α,β-unsaturated/α-hetero) is 1. The first kappa shape index (κ1) is 22.1. The normalized spacial score (nSPS) is 17.9. The molecular formula is C21H23ClN4O3S2. The molecule has 0 spiro atoms. The fourth-order valence-corrected chi connectivity index (χ4v) is 6.73. The number of sulfone groups is 1. The van der Waals surface area contributed by atoms with Gasteiger partial charge in [0.05, 0.1) is 22.9 Å². The monoisotopic (exact) mass is 478 g/mol. The minimum Gasteiger partial charge on any atom is -0.344 e. The zero-order valence-electron chi connectivity index (χ0n) is 17.5. The van der Waals surface area contributed by atoms with E-state index in [-0.39, 0.29) is 29.1 Å². The van der Waals surface area contributed by atoms with Gasteiger partial charge in [-0.05, 0) is 51.0 Å². The Morgan fingerprint density at radius 3 is 2.71 bits per heavy atom.